The van der Waals surface area contributed by atoms with Crippen molar-refractivity contribution in [2.75, 3.05) is 7.11 Å². The fourth-order valence-corrected chi connectivity index (χ4v) is 4.20. The summed E-state index contributed by atoms with van der Waals surface area (Å²) in [5.74, 6) is 1.72. The summed E-state index contributed by atoms with van der Waals surface area (Å²) in [5, 5.41) is 5.04. The minimum absolute atomic E-state index is 0.0278. The number of pyridine rings is 2. The second-order valence-electron chi connectivity index (χ2n) is 8.22. The van der Waals surface area contributed by atoms with Gasteiger partial charge in [-0.2, -0.15) is 0 Å². The number of benzene rings is 1. The van der Waals surface area contributed by atoms with Crippen molar-refractivity contribution in [3.63, 3.8) is 0 Å². The van der Waals surface area contributed by atoms with Crippen LogP contribution in [0.5, 0.6) is 5.75 Å². The first-order valence-corrected chi connectivity index (χ1v) is 10.4. The molecule has 31 heavy (non-hydrogen) atoms. The Labute approximate surface area is 181 Å². The lowest BCUT2D eigenvalue weighted by Crippen LogP contribution is -2.24. The van der Waals surface area contributed by atoms with Crippen molar-refractivity contribution in [1.82, 2.24) is 14.7 Å². The van der Waals surface area contributed by atoms with E-state index in [0.717, 1.165) is 44.7 Å². The predicted octanol–water partition coefficient (Wildman–Crippen LogP) is 5.16. The van der Waals surface area contributed by atoms with E-state index in [1.807, 2.05) is 45.0 Å². The molecule has 0 N–H and O–H groups in total. The normalized spacial score (nSPS) is 11.5. The largest absolute Gasteiger partial charge is 0.496 e. The Balaban J connectivity index is 1.97. The molecule has 1 aromatic carbocycles. The standard InChI is InChI=1S/C25H27N3O3/c1-14(2)19-8-7-9-26-21(19)13-28-22-12-23(30-6)20(24-16(4)27-31-17(24)5)11-18(22)10-15(3)25(28)29/h7-12,14H,13H2,1-6H3. The van der Waals surface area contributed by atoms with Crippen LogP contribution in [0.15, 0.2) is 45.8 Å². The SMILES string of the molecule is COc1cc2c(cc1-c1c(C)noc1C)cc(C)c(=O)n2Cc1ncccc1C(C)C. The van der Waals surface area contributed by atoms with Gasteiger partial charge < -0.3 is 13.8 Å². The highest BCUT2D eigenvalue weighted by atomic mass is 16.5. The molecule has 6 heteroatoms. The lowest BCUT2D eigenvalue weighted by Gasteiger charge is -2.17. The van der Waals surface area contributed by atoms with E-state index in [0.29, 0.717) is 23.8 Å². The summed E-state index contributed by atoms with van der Waals surface area (Å²) in [6.07, 6.45) is 1.78. The van der Waals surface area contributed by atoms with Crippen molar-refractivity contribution in [3.05, 3.63) is 75.2 Å². The van der Waals surface area contributed by atoms with Gasteiger partial charge in [0.2, 0.25) is 0 Å². The highest BCUT2D eigenvalue weighted by Gasteiger charge is 2.19. The van der Waals surface area contributed by atoms with Gasteiger partial charge in [-0.05, 0) is 55.8 Å². The monoisotopic (exact) mass is 417 g/mol. The second kappa shape index (κ2) is 8.02. The molecule has 0 atom stereocenters. The topological polar surface area (TPSA) is 70.2 Å². The first-order chi connectivity index (χ1) is 14.8. The minimum Gasteiger partial charge on any atom is -0.496 e. The third-order valence-corrected chi connectivity index (χ3v) is 5.75. The van der Waals surface area contributed by atoms with E-state index in [4.69, 9.17) is 9.26 Å². The van der Waals surface area contributed by atoms with Gasteiger partial charge in [0.15, 0.2) is 0 Å². The van der Waals surface area contributed by atoms with Gasteiger partial charge in [0.25, 0.3) is 5.56 Å². The molecule has 6 nitrogen and oxygen atoms in total. The number of hydrogen-bond donors (Lipinski definition) is 0. The third-order valence-electron chi connectivity index (χ3n) is 5.75. The summed E-state index contributed by atoms with van der Waals surface area (Å²) in [6.45, 7) is 10.3. The van der Waals surface area contributed by atoms with Crippen molar-refractivity contribution >= 4 is 10.9 Å². The summed E-state index contributed by atoms with van der Waals surface area (Å²) in [6, 6.07) is 9.92. The molecule has 4 aromatic rings. The van der Waals surface area contributed by atoms with Crippen LogP contribution < -0.4 is 10.3 Å². The Morgan fingerprint density at radius 3 is 2.58 bits per heavy atom. The number of rotatable bonds is 5. The van der Waals surface area contributed by atoms with Crippen molar-refractivity contribution in [1.29, 1.82) is 0 Å². The van der Waals surface area contributed by atoms with Crippen LogP contribution in [0, 0.1) is 20.8 Å². The van der Waals surface area contributed by atoms with Crippen molar-refractivity contribution in [2.45, 2.75) is 47.1 Å². The summed E-state index contributed by atoms with van der Waals surface area (Å²) in [7, 11) is 1.63. The van der Waals surface area contributed by atoms with Crippen LogP contribution in [0.25, 0.3) is 22.0 Å². The second-order valence-corrected chi connectivity index (χ2v) is 8.22. The fourth-order valence-electron chi connectivity index (χ4n) is 4.20. The van der Waals surface area contributed by atoms with Crippen LogP contribution in [-0.4, -0.2) is 21.8 Å². The molecule has 0 aliphatic carbocycles. The van der Waals surface area contributed by atoms with Crippen molar-refractivity contribution in [3.8, 4) is 16.9 Å². The molecule has 0 unspecified atom stereocenters. The number of ether oxygens (including phenoxy) is 1. The van der Waals surface area contributed by atoms with E-state index in [-0.39, 0.29) is 5.56 Å². The maximum absolute atomic E-state index is 13.2. The molecule has 0 fully saturated rings. The number of aryl methyl sites for hydroxylation is 3. The van der Waals surface area contributed by atoms with Gasteiger partial charge in [0.05, 0.1) is 36.1 Å². The zero-order valence-electron chi connectivity index (χ0n) is 18.8. The van der Waals surface area contributed by atoms with Gasteiger partial charge in [-0.15, -0.1) is 0 Å². The van der Waals surface area contributed by atoms with Gasteiger partial charge in [-0.1, -0.05) is 25.1 Å². The zero-order chi connectivity index (χ0) is 22.3. The van der Waals surface area contributed by atoms with Crippen LogP contribution in [0.4, 0.5) is 0 Å². The van der Waals surface area contributed by atoms with E-state index in [1.54, 1.807) is 17.9 Å². The van der Waals surface area contributed by atoms with E-state index in [2.05, 4.69) is 30.1 Å². The Morgan fingerprint density at radius 2 is 1.94 bits per heavy atom. The molecule has 4 rings (SSSR count). The highest BCUT2D eigenvalue weighted by molar-refractivity contribution is 5.90. The van der Waals surface area contributed by atoms with Crippen LogP contribution in [0.2, 0.25) is 0 Å². The van der Waals surface area contributed by atoms with Crippen molar-refractivity contribution in [2.24, 2.45) is 0 Å². The number of methoxy groups -OCH3 is 1. The van der Waals surface area contributed by atoms with Gasteiger partial charge in [-0.25, -0.2) is 0 Å². The zero-order valence-corrected chi connectivity index (χ0v) is 18.8. The molecule has 0 radical (unpaired) electrons. The molecule has 0 saturated carbocycles. The number of aromatic nitrogens is 3. The number of hydrogen-bond acceptors (Lipinski definition) is 5. The van der Waals surface area contributed by atoms with Crippen LogP contribution in [-0.2, 0) is 6.54 Å². The number of nitrogens with zero attached hydrogens (tertiary/aromatic N) is 3. The Morgan fingerprint density at radius 1 is 1.16 bits per heavy atom. The maximum atomic E-state index is 13.2. The number of fused-ring (bicyclic) bond motifs is 1. The van der Waals surface area contributed by atoms with E-state index < -0.39 is 0 Å². The van der Waals surface area contributed by atoms with Gasteiger partial charge >= 0.3 is 0 Å². The summed E-state index contributed by atoms with van der Waals surface area (Å²) >= 11 is 0. The molecule has 0 saturated heterocycles. The summed E-state index contributed by atoms with van der Waals surface area (Å²) < 4.78 is 12.9. The van der Waals surface area contributed by atoms with Crippen molar-refractivity contribution < 1.29 is 9.26 Å². The van der Waals surface area contributed by atoms with Gasteiger partial charge in [0.1, 0.15) is 11.5 Å². The smallest absolute Gasteiger partial charge is 0.254 e. The molecule has 3 heterocycles. The summed E-state index contributed by atoms with van der Waals surface area (Å²) in [5.41, 5.74) is 6.13. The molecule has 0 aliphatic rings. The average molecular weight is 418 g/mol. The third kappa shape index (κ3) is 3.63. The quantitative estimate of drug-likeness (QED) is 0.449. The van der Waals surface area contributed by atoms with Crippen LogP contribution in [0.1, 0.15) is 48.0 Å². The molecule has 0 amide bonds. The Bertz CT molecular complexity index is 1310. The lowest BCUT2D eigenvalue weighted by molar-refractivity contribution is 0.393. The molecule has 3 aromatic heterocycles. The fraction of sp³-hybridized carbons (Fsp3) is 0.320. The Hall–Kier alpha value is -3.41. The molecule has 0 spiro atoms. The van der Waals surface area contributed by atoms with E-state index in [1.165, 1.54) is 0 Å². The highest BCUT2D eigenvalue weighted by Crippen LogP contribution is 2.37. The molecule has 0 bridgehead atoms. The van der Waals surface area contributed by atoms with Gasteiger partial charge in [0, 0.05) is 23.4 Å². The maximum Gasteiger partial charge on any atom is 0.254 e. The minimum atomic E-state index is -0.0278. The van der Waals surface area contributed by atoms with Gasteiger partial charge in [-0.3, -0.25) is 9.78 Å². The van der Waals surface area contributed by atoms with E-state index >= 15 is 0 Å². The van der Waals surface area contributed by atoms with Crippen LogP contribution in [0.3, 0.4) is 0 Å². The molecular weight excluding hydrogens is 390 g/mol. The Kier molecular flexibility index (Phi) is 5.39. The average Bonchev–Trinajstić information content (AvgIpc) is 3.08. The van der Waals surface area contributed by atoms with Crippen LogP contribution >= 0.6 is 0 Å². The van der Waals surface area contributed by atoms with E-state index in [9.17, 15) is 4.79 Å². The summed E-state index contributed by atoms with van der Waals surface area (Å²) in [4.78, 5) is 17.7. The molecule has 0 aliphatic heterocycles. The first kappa shape index (κ1) is 20.8. The first-order valence-electron chi connectivity index (χ1n) is 10.4. The molecule has 160 valence electrons. The molecular formula is C25H27N3O3. The lowest BCUT2D eigenvalue weighted by atomic mass is 9.99. The predicted molar refractivity (Wildman–Crippen MR) is 122 cm³/mol.